The minimum Gasteiger partial charge on any atom is -0.444 e. The summed E-state index contributed by atoms with van der Waals surface area (Å²) in [7, 11) is 0. The number of carbonyl (C=O) groups is 1. The standard InChI is InChI=1S/C19H20BrF3N2O3/c1-18(2,3)28-17(26)24-10-9-12-5-4-6-14(20)16(12)27-15-8-7-13(11-25-15)19(21,22)23/h4-8,11H,9-10H2,1-3H3,(H,24,26). The maximum Gasteiger partial charge on any atom is 0.417 e. The van der Waals surface area contributed by atoms with Crippen molar-refractivity contribution in [3.8, 4) is 11.6 Å². The van der Waals surface area contributed by atoms with Crippen molar-refractivity contribution in [2.24, 2.45) is 0 Å². The molecule has 1 aromatic carbocycles. The molecule has 0 atom stereocenters. The summed E-state index contributed by atoms with van der Waals surface area (Å²) in [5.41, 5.74) is -0.705. The van der Waals surface area contributed by atoms with Crippen LogP contribution in [-0.2, 0) is 17.3 Å². The van der Waals surface area contributed by atoms with Gasteiger partial charge in [0.25, 0.3) is 0 Å². The highest BCUT2D eigenvalue weighted by atomic mass is 79.9. The zero-order valence-corrected chi connectivity index (χ0v) is 17.1. The van der Waals surface area contributed by atoms with Crippen molar-refractivity contribution >= 4 is 22.0 Å². The van der Waals surface area contributed by atoms with E-state index in [1.165, 1.54) is 0 Å². The first-order chi connectivity index (χ1) is 13.0. The number of benzene rings is 1. The predicted octanol–water partition coefficient (Wildman–Crippen LogP) is 5.72. The third-order valence-electron chi connectivity index (χ3n) is 3.38. The first-order valence-electron chi connectivity index (χ1n) is 8.41. The Hall–Kier alpha value is -2.29. The molecule has 1 N–H and O–H groups in total. The van der Waals surface area contributed by atoms with Gasteiger partial charge in [0.15, 0.2) is 0 Å². The van der Waals surface area contributed by atoms with Crippen LogP contribution < -0.4 is 10.1 Å². The van der Waals surface area contributed by atoms with E-state index in [1.807, 2.05) is 0 Å². The van der Waals surface area contributed by atoms with Crippen LogP contribution in [0.5, 0.6) is 11.6 Å². The first kappa shape index (κ1) is 22.0. The molecule has 2 aromatic rings. The molecule has 0 saturated carbocycles. The fourth-order valence-corrected chi connectivity index (χ4v) is 2.68. The number of hydrogen-bond acceptors (Lipinski definition) is 4. The molecular formula is C19H20BrF3N2O3. The maximum atomic E-state index is 12.6. The number of alkyl carbamates (subject to hydrolysis) is 1. The molecule has 5 nitrogen and oxygen atoms in total. The molecule has 0 bridgehead atoms. The molecule has 1 aromatic heterocycles. The van der Waals surface area contributed by atoms with Crippen molar-refractivity contribution in [3.63, 3.8) is 0 Å². The van der Waals surface area contributed by atoms with E-state index in [0.717, 1.165) is 23.9 Å². The molecule has 0 aliphatic heterocycles. The van der Waals surface area contributed by atoms with Gasteiger partial charge >= 0.3 is 12.3 Å². The number of para-hydroxylation sites is 1. The van der Waals surface area contributed by atoms with E-state index < -0.39 is 23.4 Å². The topological polar surface area (TPSA) is 60.5 Å². The fourth-order valence-electron chi connectivity index (χ4n) is 2.19. The van der Waals surface area contributed by atoms with Gasteiger partial charge in [-0.3, -0.25) is 0 Å². The second-order valence-electron chi connectivity index (χ2n) is 6.89. The van der Waals surface area contributed by atoms with Crippen LogP contribution in [0.2, 0.25) is 0 Å². The van der Waals surface area contributed by atoms with E-state index in [2.05, 4.69) is 26.2 Å². The van der Waals surface area contributed by atoms with Crippen molar-refractivity contribution < 1.29 is 27.4 Å². The van der Waals surface area contributed by atoms with Gasteiger partial charge in [-0.05, 0) is 60.8 Å². The maximum absolute atomic E-state index is 12.6. The predicted molar refractivity (Wildman–Crippen MR) is 101 cm³/mol. The monoisotopic (exact) mass is 460 g/mol. The number of hydrogen-bond donors (Lipinski definition) is 1. The second kappa shape index (κ2) is 8.81. The number of alkyl halides is 3. The fraction of sp³-hybridized carbons (Fsp3) is 0.368. The van der Waals surface area contributed by atoms with Crippen LogP contribution >= 0.6 is 15.9 Å². The van der Waals surface area contributed by atoms with Crippen LogP contribution in [0.25, 0.3) is 0 Å². The molecular weight excluding hydrogens is 441 g/mol. The summed E-state index contributed by atoms with van der Waals surface area (Å²) >= 11 is 3.37. The number of carbonyl (C=O) groups excluding carboxylic acids is 1. The summed E-state index contributed by atoms with van der Waals surface area (Å²) in [5.74, 6) is 0.446. The van der Waals surface area contributed by atoms with Crippen LogP contribution in [0.1, 0.15) is 31.9 Å². The Morgan fingerprint density at radius 3 is 2.46 bits per heavy atom. The summed E-state index contributed by atoms with van der Waals surface area (Å²) in [6.07, 6.45) is -3.85. The van der Waals surface area contributed by atoms with Crippen molar-refractivity contribution in [1.82, 2.24) is 10.3 Å². The molecule has 9 heteroatoms. The van der Waals surface area contributed by atoms with Crippen LogP contribution in [0, 0.1) is 0 Å². The van der Waals surface area contributed by atoms with Gasteiger partial charge in [0.05, 0.1) is 10.0 Å². The highest BCUT2D eigenvalue weighted by Gasteiger charge is 2.30. The summed E-state index contributed by atoms with van der Waals surface area (Å²) in [4.78, 5) is 15.4. The second-order valence-corrected chi connectivity index (χ2v) is 7.75. The number of rotatable bonds is 5. The lowest BCUT2D eigenvalue weighted by Gasteiger charge is -2.20. The van der Waals surface area contributed by atoms with Gasteiger partial charge in [0.2, 0.25) is 5.88 Å². The Bertz CT molecular complexity index is 819. The number of nitrogens with one attached hydrogen (secondary N) is 1. The van der Waals surface area contributed by atoms with E-state index in [-0.39, 0.29) is 5.88 Å². The largest absolute Gasteiger partial charge is 0.444 e. The van der Waals surface area contributed by atoms with E-state index in [4.69, 9.17) is 9.47 Å². The Morgan fingerprint density at radius 2 is 1.89 bits per heavy atom. The number of nitrogens with zero attached hydrogens (tertiary/aromatic N) is 1. The van der Waals surface area contributed by atoms with E-state index in [0.29, 0.717) is 23.2 Å². The normalized spacial score (nSPS) is 11.8. The first-order valence-corrected chi connectivity index (χ1v) is 9.20. The Morgan fingerprint density at radius 1 is 1.18 bits per heavy atom. The van der Waals surface area contributed by atoms with Gasteiger partial charge in [0.1, 0.15) is 11.4 Å². The molecule has 0 fully saturated rings. The highest BCUT2D eigenvalue weighted by Crippen LogP contribution is 2.34. The molecule has 1 amide bonds. The molecule has 0 saturated heterocycles. The number of ether oxygens (including phenoxy) is 2. The smallest absolute Gasteiger partial charge is 0.417 e. The summed E-state index contributed by atoms with van der Waals surface area (Å²) in [6.45, 7) is 5.60. The van der Waals surface area contributed by atoms with Crippen molar-refractivity contribution in [3.05, 3.63) is 52.1 Å². The Labute approximate surface area is 169 Å². The molecule has 28 heavy (non-hydrogen) atoms. The molecule has 0 spiro atoms. The van der Waals surface area contributed by atoms with Crippen molar-refractivity contribution in [2.75, 3.05) is 6.54 Å². The Balaban J connectivity index is 2.06. The number of pyridine rings is 1. The minimum atomic E-state index is -4.46. The summed E-state index contributed by atoms with van der Waals surface area (Å²) in [6, 6.07) is 7.39. The SMILES string of the molecule is CC(C)(C)OC(=O)NCCc1cccc(Br)c1Oc1ccc(C(F)(F)F)cn1. The van der Waals surface area contributed by atoms with Gasteiger partial charge in [-0.25, -0.2) is 9.78 Å². The molecule has 0 unspecified atom stereocenters. The summed E-state index contributed by atoms with van der Waals surface area (Å²) < 4.78 is 49.4. The summed E-state index contributed by atoms with van der Waals surface area (Å²) in [5, 5.41) is 2.65. The molecule has 0 aliphatic carbocycles. The van der Waals surface area contributed by atoms with Crippen molar-refractivity contribution in [2.45, 2.75) is 39.0 Å². The quantitative estimate of drug-likeness (QED) is 0.619. The highest BCUT2D eigenvalue weighted by molar-refractivity contribution is 9.10. The Kier molecular flexibility index (Phi) is 6.92. The van der Waals surface area contributed by atoms with E-state index in [1.54, 1.807) is 39.0 Å². The van der Waals surface area contributed by atoms with Crippen LogP contribution in [0.15, 0.2) is 41.0 Å². The lowest BCUT2D eigenvalue weighted by atomic mass is 10.1. The molecule has 152 valence electrons. The minimum absolute atomic E-state index is 0.0289. The van der Waals surface area contributed by atoms with Gasteiger partial charge in [-0.1, -0.05) is 12.1 Å². The van der Waals surface area contributed by atoms with Crippen LogP contribution in [-0.4, -0.2) is 23.2 Å². The third kappa shape index (κ3) is 6.70. The average Bonchev–Trinajstić information content (AvgIpc) is 2.56. The van der Waals surface area contributed by atoms with Crippen molar-refractivity contribution in [1.29, 1.82) is 0 Å². The zero-order valence-electron chi connectivity index (χ0n) is 15.6. The molecule has 1 heterocycles. The molecule has 0 radical (unpaired) electrons. The van der Waals surface area contributed by atoms with E-state index >= 15 is 0 Å². The molecule has 2 rings (SSSR count). The lowest BCUT2D eigenvalue weighted by molar-refractivity contribution is -0.137. The number of aromatic nitrogens is 1. The zero-order chi connectivity index (χ0) is 20.9. The molecule has 0 aliphatic rings. The third-order valence-corrected chi connectivity index (χ3v) is 4.01. The van der Waals surface area contributed by atoms with Gasteiger partial charge < -0.3 is 14.8 Å². The van der Waals surface area contributed by atoms with Gasteiger partial charge in [-0.2, -0.15) is 13.2 Å². The lowest BCUT2D eigenvalue weighted by Crippen LogP contribution is -2.33. The average molecular weight is 461 g/mol. The van der Waals surface area contributed by atoms with Gasteiger partial charge in [-0.15, -0.1) is 0 Å². The van der Waals surface area contributed by atoms with Crippen LogP contribution in [0.3, 0.4) is 0 Å². The number of halogens is 4. The van der Waals surface area contributed by atoms with Crippen LogP contribution in [0.4, 0.5) is 18.0 Å². The van der Waals surface area contributed by atoms with Gasteiger partial charge in [0, 0.05) is 18.8 Å². The van der Waals surface area contributed by atoms with E-state index in [9.17, 15) is 18.0 Å². The number of amides is 1.